The first kappa shape index (κ1) is 12.0. The molecule has 0 fully saturated rings. The van der Waals surface area contributed by atoms with Crippen LogP contribution < -0.4 is 5.73 Å². The molecule has 0 aliphatic rings. The van der Waals surface area contributed by atoms with Crippen LogP contribution in [0.25, 0.3) is 0 Å². The highest BCUT2D eigenvalue weighted by Gasteiger charge is 2.19. The first-order chi connectivity index (χ1) is 7.43. The number of nitrogens with zero attached hydrogens (tertiary/aromatic N) is 2. The fraction of sp³-hybridized carbons (Fsp3) is 0.444. The fourth-order valence-corrected chi connectivity index (χ4v) is 1.22. The number of aliphatic carboxylic acids is 1. The highest BCUT2D eigenvalue weighted by Crippen LogP contribution is 2.16. The van der Waals surface area contributed by atoms with Crippen LogP contribution in [0.5, 0.6) is 0 Å². The third-order valence-corrected chi connectivity index (χ3v) is 2.01. The molecule has 0 atom stereocenters. The van der Waals surface area contributed by atoms with Gasteiger partial charge < -0.3 is 15.6 Å². The van der Waals surface area contributed by atoms with E-state index < -0.39 is 11.9 Å². The van der Waals surface area contributed by atoms with E-state index in [9.17, 15) is 9.59 Å². The molecule has 0 amide bonds. The number of aromatic nitrogens is 2. The van der Waals surface area contributed by atoms with Crippen molar-refractivity contribution in [1.82, 2.24) is 9.78 Å². The summed E-state index contributed by atoms with van der Waals surface area (Å²) in [6.07, 6.45) is -0.234. The molecule has 0 saturated carbocycles. The zero-order valence-electron chi connectivity index (χ0n) is 9.06. The Kier molecular flexibility index (Phi) is 3.49. The van der Waals surface area contributed by atoms with Crippen LogP contribution in [0.15, 0.2) is 0 Å². The van der Waals surface area contributed by atoms with Crippen molar-refractivity contribution in [2.75, 3.05) is 12.3 Å². The lowest BCUT2D eigenvalue weighted by Gasteiger charge is -2.03. The van der Waals surface area contributed by atoms with Crippen molar-refractivity contribution in [3.8, 4) is 0 Å². The summed E-state index contributed by atoms with van der Waals surface area (Å²) >= 11 is 0. The number of aryl methyl sites for hydroxylation is 2. The van der Waals surface area contributed by atoms with Gasteiger partial charge in [0.2, 0.25) is 0 Å². The second kappa shape index (κ2) is 4.65. The molecule has 0 spiro atoms. The van der Waals surface area contributed by atoms with Crippen molar-refractivity contribution in [2.45, 2.75) is 13.3 Å². The van der Waals surface area contributed by atoms with Gasteiger partial charge in [-0.1, -0.05) is 0 Å². The highest BCUT2D eigenvalue weighted by molar-refractivity contribution is 5.93. The van der Waals surface area contributed by atoms with Crippen LogP contribution in [0.1, 0.15) is 22.6 Å². The van der Waals surface area contributed by atoms with Crippen LogP contribution in [0.4, 0.5) is 5.69 Å². The molecule has 1 heterocycles. The van der Waals surface area contributed by atoms with Gasteiger partial charge in [0.25, 0.3) is 0 Å². The molecule has 0 unspecified atom stereocenters. The molecule has 1 aromatic heterocycles. The lowest BCUT2D eigenvalue weighted by molar-refractivity contribution is -0.137. The van der Waals surface area contributed by atoms with Crippen LogP contribution in [-0.2, 0) is 16.6 Å². The smallest absolute Gasteiger partial charge is 0.358 e. The number of nitrogen functional groups attached to an aromatic ring is 1. The molecule has 7 heteroatoms. The number of esters is 1. The Morgan fingerprint density at radius 3 is 2.62 bits per heavy atom. The van der Waals surface area contributed by atoms with E-state index >= 15 is 0 Å². The summed E-state index contributed by atoms with van der Waals surface area (Å²) < 4.78 is 6.07. The van der Waals surface area contributed by atoms with Crippen LogP contribution in [0.3, 0.4) is 0 Å². The third kappa shape index (κ3) is 2.50. The standard InChI is InChI=1S/C9H13N3O4/c1-5-7(10)8(12(2)11-5)9(15)16-4-3-6(13)14/h3-4,10H2,1-2H3,(H,13,14). The van der Waals surface area contributed by atoms with Crippen molar-refractivity contribution >= 4 is 17.6 Å². The van der Waals surface area contributed by atoms with E-state index in [1.165, 1.54) is 4.68 Å². The number of ether oxygens (including phenoxy) is 1. The van der Waals surface area contributed by atoms with Gasteiger partial charge in [-0.05, 0) is 6.92 Å². The van der Waals surface area contributed by atoms with Crippen molar-refractivity contribution in [3.05, 3.63) is 11.4 Å². The van der Waals surface area contributed by atoms with Crippen molar-refractivity contribution < 1.29 is 19.4 Å². The Hall–Kier alpha value is -2.05. The number of hydrogen-bond donors (Lipinski definition) is 2. The topological polar surface area (TPSA) is 107 Å². The molecule has 88 valence electrons. The summed E-state index contributed by atoms with van der Waals surface area (Å²) in [4.78, 5) is 21.7. The first-order valence-electron chi connectivity index (χ1n) is 4.61. The van der Waals surface area contributed by atoms with Gasteiger partial charge in [-0.25, -0.2) is 4.79 Å². The normalized spacial score (nSPS) is 10.1. The monoisotopic (exact) mass is 227 g/mol. The van der Waals surface area contributed by atoms with Gasteiger partial charge in [-0.15, -0.1) is 0 Å². The molecule has 3 N–H and O–H groups in total. The third-order valence-electron chi connectivity index (χ3n) is 2.01. The van der Waals surface area contributed by atoms with E-state index in [1.807, 2.05) is 0 Å². The van der Waals surface area contributed by atoms with Crippen molar-refractivity contribution in [3.63, 3.8) is 0 Å². The molecular weight excluding hydrogens is 214 g/mol. The van der Waals surface area contributed by atoms with Gasteiger partial charge in [0.15, 0.2) is 5.69 Å². The zero-order valence-corrected chi connectivity index (χ0v) is 9.06. The molecule has 0 aliphatic carbocycles. The van der Waals surface area contributed by atoms with Crippen molar-refractivity contribution in [2.24, 2.45) is 7.05 Å². The minimum Gasteiger partial charge on any atom is -0.481 e. The minimum atomic E-state index is -1.03. The van der Waals surface area contributed by atoms with Crippen molar-refractivity contribution in [1.29, 1.82) is 0 Å². The van der Waals surface area contributed by atoms with Crippen LogP contribution in [0, 0.1) is 6.92 Å². The minimum absolute atomic E-state index is 0.142. The van der Waals surface area contributed by atoms with Gasteiger partial charge >= 0.3 is 11.9 Å². The number of rotatable bonds is 4. The quantitative estimate of drug-likeness (QED) is 0.698. The van der Waals surface area contributed by atoms with Gasteiger partial charge in [0.1, 0.15) is 6.61 Å². The van der Waals surface area contributed by atoms with E-state index in [-0.39, 0.29) is 24.4 Å². The molecule has 1 rings (SSSR count). The maximum absolute atomic E-state index is 11.5. The fourth-order valence-electron chi connectivity index (χ4n) is 1.22. The van der Waals surface area contributed by atoms with Gasteiger partial charge in [0, 0.05) is 7.05 Å². The highest BCUT2D eigenvalue weighted by atomic mass is 16.5. The number of carbonyl (C=O) groups excluding carboxylic acids is 1. The largest absolute Gasteiger partial charge is 0.481 e. The second-order valence-corrected chi connectivity index (χ2v) is 3.25. The molecule has 16 heavy (non-hydrogen) atoms. The Labute approximate surface area is 91.8 Å². The number of anilines is 1. The Balaban J connectivity index is 2.70. The van der Waals surface area contributed by atoms with Crippen LogP contribution in [-0.4, -0.2) is 33.4 Å². The van der Waals surface area contributed by atoms with E-state index in [2.05, 4.69) is 5.10 Å². The van der Waals surface area contributed by atoms with E-state index in [0.29, 0.717) is 5.69 Å². The summed E-state index contributed by atoms with van der Waals surface area (Å²) in [6.45, 7) is 1.49. The zero-order chi connectivity index (χ0) is 12.3. The Morgan fingerprint density at radius 2 is 2.19 bits per heavy atom. The number of nitrogens with two attached hydrogens (primary N) is 1. The first-order valence-corrected chi connectivity index (χ1v) is 4.61. The molecule has 7 nitrogen and oxygen atoms in total. The van der Waals surface area contributed by atoms with E-state index in [0.717, 1.165) is 0 Å². The Morgan fingerprint density at radius 1 is 1.56 bits per heavy atom. The molecular formula is C9H13N3O4. The maximum Gasteiger partial charge on any atom is 0.358 e. The lowest BCUT2D eigenvalue weighted by Crippen LogP contribution is -2.14. The summed E-state index contributed by atoms with van der Waals surface area (Å²) in [7, 11) is 1.57. The molecule has 0 aromatic carbocycles. The number of carbonyl (C=O) groups is 2. The van der Waals surface area contributed by atoms with Crippen LogP contribution in [0.2, 0.25) is 0 Å². The summed E-state index contributed by atoms with van der Waals surface area (Å²) in [6, 6.07) is 0. The molecule has 0 bridgehead atoms. The second-order valence-electron chi connectivity index (χ2n) is 3.25. The number of carboxylic acids is 1. The molecule has 1 aromatic rings. The van der Waals surface area contributed by atoms with Gasteiger partial charge in [-0.3, -0.25) is 9.48 Å². The average molecular weight is 227 g/mol. The van der Waals surface area contributed by atoms with Gasteiger partial charge in [-0.2, -0.15) is 5.10 Å². The lowest BCUT2D eigenvalue weighted by atomic mass is 10.3. The predicted octanol–water partition coefficient (Wildman–Crippen LogP) is -0.0578. The summed E-state index contributed by atoms with van der Waals surface area (Å²) in [5.41, 5.74) is 6.56. The Bertz CT molecular complexity index is 425. The maximum atomic E-state index is 11.5. The van der Waals surface area contributed by atoms with E-state index in [4.69, 9.17) is 15.6 Å². The molecule has 0 aliphatic heterocycles. The van der Waals surface area contributed by atoms with Crippen LogP contribution >= 0.6 is 0 Å². The predicted molar refractivity (Wildman–Crippen MR) is 54.9 cm³/mol. The van der Waals surface area contributed by atoms with Gasteiger partial charge in [0.05, 0.1) is 17.8 Å². The summed E-state index contributed by atoms with van der Waals surface area (Å²) in [5, 5.41) is 12.3. The number of hydrogen-bond acceptors (Lipinski definition) is 5. The molecule has 0 saturated heterocycles. The van der Waals surface area contributed by atoms with E-state index in [1.54, 1.807) is 14.0 Å². The number of carboxylic acid groups (broad SMARTS) is 1. The average Bonchev–Trinajstić information content (AvgIpc) is 2.40. The SMILES string of the molecule is Cc1nn(C)c(C(=O)OCCC(=O)O)c1N. The molecule has 0 radical (unpaired) electrons. The summed E-state index contributed by atoms with van der Waals surface area (Å²) in [5.74, 6) is -1.69.